The molecule has 0 aliphatic heterocycles. The molecule has 1 aromatic heterocycles. The zero-order chi connectivity index (χ0) is 9.84. The van der Waals surface area contributed by atoms with Crippen LogP contribution in [0.25, 0.3) is 0 Å². The first-order valence-electron chi connectivity index (χ1n) is 3.69. The predicted molar refractivity (Wildman–Crippen MR) is 52.0 cm³/mol. The van der Waals surface area contributed by atoms with Gasteiger partial charge in [-0.05, 0) is 12.1 Å². The number of pyridine rings is 1. The minimum atomic E-state index is -0.213. The molecule has 1 rings (SSSR count). The molecule has 0 spiro atoms. The number of carbonyl (C=O) groups is 1. The lowest BCUT2D eigenvalue weighted by molar-refractivity contribution is 0.230. The number of amides is 2. The molecule has 1 aromatic rings. The van der Waals surface area contributed by atoms with Crippen LogP contribution in [-0.2, 0) is 0 Å². The number of carbonyl (C=O) groups excluding carboxylic acids is 1. The van der Waals surface area contributed by atoms with Gasteiger partial charge in [0.15, 0.2) is 0 Å². The Balaban J connectivity index is 2.65. The molecule has 13 heavy (non-hydrogen) atoms. The molecule has 5 heteroatoms. The summed E-state index contributed by atoms with van der Waals surface area (Å²) in [5, 5.41) is 3.13. The van der Waals surface area contributed by atoms with Gasteiger partial charge in [0.2, 0.25) is 0 Å². The molecule has 0 fully saturated rings. The zero-order valence-electron chi connectivity index (χ0n) is 7.41. The van der Waals surface area contributed by atoms with Crippen LogP contribution in [0.2, 0.25) is 5.02 Å². The molecule has 0 aromatic carbocycles. The van der Waals surface area contributed by atoms with Gasteiger partial charge in [0.25, 0.3) is 0 Å². The third kappa shape index (κ3) is 2.91. The quantitative estimate of drug-likeness (QED) is 0.750. The molecule has 0 aliphatic carbocycles. The van der Waals surface area contributed by atoms with Crippen LogP contribution in [0.15, 0.2) is 18.3 Å². The molecule has 0 atom stereocenters. The van der Waals surface area contributed by atoms with Gasteiger partial charge in [-0.15, -0.1) is 0 Å². The van der Waals surface area contributed by atoms with Gasteiger partial charge >= 0.3 is 6.03 Å². The van der Waals surface area contributed by atoms with Crippen molar-refractivity contribution in [1.29, 1.82) is 0 Å². The fourth-order valence-electron chi connectivity index (χ4n) is 0.671. The second kappa shape index (κ2) is 4.09. The summed E-state index contributed by atoms with van der Waals surface area (Å²) in [6.45, 7) is 0. The van der Waals surface area contributed by atoms with E-state index in [1.165, 1.54) is 11.1 Å². The highest BCUT2D eigenvalue weighted by Crippen LogP contribution is 2.09. The van der Waals surface area contributed by atoms with E-state index in [9.17, 15) is 4.79 Å². The molecule has 1 N–H and O–H groups in total. The van der Waals surface area contributed by atoms with Crippen LogP contribution >= 0.6 is 11.6 Å². The van der Waals surface area contributed by atoms with E-state index in [0.29, 0.717) is 10.8 Å². The smallest absolute Gasteiger partial charge is 0.322 e. The molecule has 70 valence electrons. The first-order valence-corrected chi connectivity index (χ1v) is 4.07. The third-order valence-corrected chi connectivity index (χ3v) is 1.59. The number of hydrogen-bond acceptors (Lipinski definition) is 2. The van der Waals surface area contributed by atoms with Gasteiger partial charge in [-0.1, -0.05) is 11.6 Å². The van der Waals surface area contributed by atoms with Gasteiger partial charge < -0.3 is 4.90 Å². The Kier molecular flexibility index (Phi) is 3.08. The lowest BCUT2D eigenvalue weighted by atomic mass is 10.4. The Labute approximate surface area is 81.5 Å². The van der Waals surface area contributed by atoms with Gasteiger partial charge in [-0.3, -0.25) is 5.32 Å². The summed E-state index contributed by atoms with van der Waals surface area (Å²) < 4.78 is 0. The monoisotopic (exact) mass is 199 g/mol. The SMILES string of the molecule is CN(C)C(=O)Nc1ccc(Cl)cn1. The van der Waals surface area contributed by atoms with Crippen LogP contribution in [0.3, 0.4) is 0 Å². The normalized spacial score (nSPS) is 9.46. The Hall–Kier alpha value is -1.29. The second-order valence-corrected chi connectivity index (χ2v) is 3.12. The molecule has 0 unspecified atom stereocenters. The van der Waals surface area contributed by atoms with Crippen molar-refractivity contribution in [3.05, 3.63) is 23.4 Å². The number of anilines is 1. The van der Waals surface area contributed by atoms with Crippen LogP contribution in [0.4, 0.5) is 10.6 Å². The number of nitrogens with one attached hydrogen (secondary N) is 1. The molecule has 0 aliphatic rings. The second-order valence-electron chi connectivity index (χ2n) is 2.69. The number of rotatable bonds is 1. The first-order chi connectivity index (χ1) is 6.09. The minimum absolute atomic E-state index is 0.213. The summed E-state index contributed by atoms with van der Waals surface area (Å²) in [7, 11) is 3.32. The van der Waals surface area contributed by atoms with Crippen molar-refractivity contribution in [3.8, 4) is 0 Å². The molecule has 1 heterocycles. The van der Waals surface area contributed by atoms with Gasteiger partial charge in [-0.2, -0.15) is 0 Å². The standard InChI is InChI=1S/C8H10ClN3O/c1-12(2)8(13)11-7-4-3-6(9)5-10-7/h3-5H,1-2H3,(H,10,11,13). The molecular formula is C8H10ClN3O. The van der Waals surface area contributed by atoms with Crippen molar-refractivity contribution >= 4 is 23.4 Å². The molecule has 0 saturated heterocycles. The van der Waals surface area contributed by atoms with Gasteiger partial charge in [0.05, 0.1) is 5.02 Å². The van der Waals surface area contributed by atoms with Crippen LogP contribution in [-0.4, -0.2) is 30.0 Å². The molecule has 0 saturated carbocycles. The maximum absolute atomic E-state index is 11.1. The van der Waals surface area contributed by atoms with Gasteiger partial charge in [0, 0.05) is 20.3 Å². The van der Waals surface area contributed by atoms with Crippen LogP contribution in [0.5, 0.6) is 0 Å². The van der Waals surface area contributed by atoms with Crippen molar-refractivity contribution in [3.63, 3.8) is 0 Å². The van der Waals surface area contributed by atoms with Crippen molar-refractivity contribution in [2.75, 3.05) is 19.4 Å². The highest BCUT2D eigenvalue weighted by molar-refractivity contribution is 6.30. The lowest BCUT2D eigenvalue weighted by Crippen LogP contribution is -2.27. The number of aromatic nitrogens is 1. The van der Waals surface area contributed by atoms with E-state index in [2.05, 4.69) is 10.3 Å². The molecule has 0 bridgehead atoms. The topological polar surface area (TPSA) is 45.2 Å². The largest absolute Gasteiger partial charge is 0.331 e. The van der Waals surface area contributed by atoms with E-state index in [1.807, 2.05) is 0 Å². The summed E-state index contributed by atoms with van der Waals surface area (Å²) in [6, 6.07) is 3.10. The van der Waals surface area contributed by atoms with E-state index < -0.39 is 0 Å². The predicted octanol–water partition coefficient (Wildman–Crippen LogP) is 1.83. The Morgan fingerprint density at radius 3 is 2.69 bits per heavy atom. The Bertz CT molecular complexity index is 297. The Morgan fingerprint density at radius 1 is 1.54 bits per heavy atom. The summed E-state index contributed by atoms with van der Waals surface area (Å²) >= 11 is 5.63. The van der Waals surface area contributed by atoms with E-state index in [1.54, 1.807) is 26.2 Å². The summed E-state index contributed by atoms with van der Waals surface area (Å²) in [4.78, 5) is 16.5. The van der Waals surface area contributed by atoms with Crippen LogP contribution < -0.4 is 5.32 Å². The highest BCUT2D eigenvalue weighted by atomic mass is 35.5. The van der Waals surface area contributed by atoms with Gasteiger partial charge in [-0.25, -0.2) is 9.78 Å². The van der Waals surface area contributed by atoms with Crippen LogP contribution in [0, 0.1) is 0 Å². The minimum Gasteiger partial charge on any atom is -0.331 e. The number of urea groups is 1. The summed E-state index contributed by atoms with van der Waals surface area (Å²) in [5.41, 5.74) is 0. The van der Waals surface area contributed by atoms with E-state index >= 15 is 0 Å². The fourth-order valence-corrected chi connectivity index (χ4v) is 0.783. The van der Waals surface area contributed by atoms with Crippen molar-refractivity contribution < 1.29 is 4.79 Å². The number of hydrogen-bond donors (Lipinski definition) is 1. The van der Waals surface area contributed by atoms with Crippen LogP contribution in [0.1, 0.15) is 0 Å². The number of halogens is 1. The molecule has 4 nitrogen and oxygen atoms in total. The van der Waals surface area contributed by atoms with Gasteiger partial charge in [0.1, 0.15) is 5.82 Å². The van der Waals surface area contributed by atoms with Crippen molar-refractivity contribution in [2.24, 2.45) is 0 Å². The zero-order valence-corrected chi connectivity index (χ0v) is 8.17. The summed E-state index contributed by atoms with van der Waals surface area (Å²) in [6.07, 6.45) is 1.48. The average Bonchev–Trinajstić information content (AvgIpc) is 2.08. The molecule has 0 radical (unpaired) electrons. The first kappa shape index (κ1) is 9.80. The van der Waals surface area contributed by atoms with E-state index in [4.69, 9.17) is 11.6 Å². The van der Waals surface area contributed by atoms with E-state index in [0.717, 1.165) is 0 Å². The fraction of sp³-hybridized carbons (Fsp3) is 0.250. The third-order valence-electron chi connectivity index (χ3n) is 1.37. The maximum Gasteiger partial charge on any atom is 0.322 e. The van der Waals surface area contributed by atoms with E-state index in [-0.39, 0.29) is 6.03 Å². The maximum atomic E-state index is 11.1. The molecule has 2 amide bonds. The van der Waals surface area contributed by atoms with Crippen molar-refractivity contribution in [2.45, 2.75) is 0 Å². The lowest BCUT2D eigenvalue weighted by Gasteiger charge is -2.10. The number of nitrogens with zero attached hydrogens (tertiary/aromatic N) is 2. The Morgan fingerprint density at radius 2 is 2.23 bits per heavy atom. The summed E-state index contributed by atoms with van der Waals surface area (Å²) in [5.74, 6) is 0.489. The van der Waals surface area contributed by atoms with Crippen molar-refractivity contribution in [1.82, 2.24) is 9.88 Å². The average molecular weight is 200 g/mol. The highest BCUT2D eigenvalue weighted by Gasteiger charge is 2.03. The molecular weight excluding hydrogens is 190 g/mol.